The van der Waals surface area contributed by atoms with Gasteiger partial charge in [-0.3, -0.25) is 9.47 Å². The highest BCUT2D eigenvalue weighted by atomic mass is 35.5. The number of benzene rings is 2. The van der Waals surface area contributed by atoms with E-state index in [0.29, 0.717) is 6.04 Å². The molecule has 1 saturated heterocycles. The van der Waals surface area contributed by atoms with E-state index in [1.165, 1.54) is 18.4 Å². The maximum Gasteiger partial charge on any atom is 0.326 e. The van der Waals surface area contributed by atoms with Crippen molar-refractivity contribution >= 4 is 23.4 Å². The molecule has 0 amide bonds. The first kappa shape index (κ1) is 17.4. The molecule has 4 nitrogen and oxygen atoms in total. The zero-order valence-corrected chi connectivity index (χ0v) is 15.5. The molecule has 0 bridgehead atoms. The van der Waals surface area contributed by atoms with Gasteiger partial charge in [0, 0.05) is 24.7 Å². The minimum atomic E-state index is 0. The molecule has 2 fully saturated rings. The molecule has 5 heteroatoms. The Hall–Kier alpha value is -2.04. The molecular formula is C21H24ClN3O. The van der Waals surface area contributed by atoms with E-state index in [0.717, 1.165) is 37.0 Å². The number of hydrogen-bond acceptors (Lipinski definition) is 2. The molecule has 26 heavy (non-hydrogen) atoms. The van der Waals surface area contributed by atoms with Crippen LogP contribution in [-0.2, 0) is 5.54 Å². The summed E-state index contributed by atoms with van der Waals surface area (Å²) in [6.45, 7) is 2.12. The Balaban J connectivity index is 0.00000168. The van der Waals surface area contributed by atoms with E-state index in [2.05, 4.69) is 40.2 Å². The predicted octanol–water partition coefficient (Wildman–Crippen LogP) is 4.08. The van der Waals surface area contributed by atoms with Crippen LogP contribution in [0.4, 0.5) is 0 Å². The molecule has 3 aromatic rings. The molecule has 2 heterocycles. The first-order valence-electron chi connectivity index (χ1n) is 9.28. The van der Waals surface area contributed by atoms with Gasteiger partial charge in [0.2, 0.25) is 0 Å². The number of aromatic nitrogens is 2. The Morgan fingerprint density at radius 2 is 1.58 bits per heavy atom. The van der Waals surface area contributed by atoms with Crippen molar-refractivity contribution in [1.29, 1.82) is 0 Å². The fourth-order valence-electron chi connectivity index (χ4n) is 4.64. The lowest BCUT2D eigenvalue weighted by molar-refractivity contribution is 0.118. The van der Waals surface area contributed by atoms with Gasteiger partial charge in [0.1, 0.15) is 0 Å². The molecule has 136 valence electrons. The lowest BCUT2D eigenvalue weighted by atomic mass is 9.97. The summed E-state index contributed by atoms with van der Waals surface area (Å²) in [7, 11) is 0. The van der Waals surface area contributed by atoms with Crippen molar-refractivity contribution < 1.29 is 0 Å². The van der Waals surface area contributed by atoms with E-state index in [1.54, 1.807) is 0 Å². The summed E-state index contributed by atoms with van der Waals surface area (Å²) in [5.41, 5.74) is 3.73. The third kappa shape index (κ3) is 2.68. The van der Waals surface area contributed by atoms with E-state index in [-0.39, 0.29) is 23.6 Å². The number of H-pyrrole nitrogens is 1. The summed E-state index contributed by atoms with van der Waals surface area (Å²) in [6.07, 6.45) is 4.59. The maximum atomic E-state index is 12.4. The Morgan fingerprint density at radius 1 is 0.923 bits per heavy atom. The Bertz CT molecular complexity index is 950. The van der Waals surface area contributed by atoms with Crippen LogP contribution in [0.25, 0.3) is 11.0 Å². The summed E-state index contributed by atoms with van der Waals surface area (Å²) in [5, 5.41) is 0. The number of hydrogen-bond donors (Lipinski definition) is 1. The fourth-order valence-corrected chi connectivity index (χ4v) is 4.64. The molecule has 0 unspecified atom stereocenters. The summed E-state index contributed by atoms with van der Waals surface area (Å²) in [4.78, 5) is 18.1. The number of nitrogens with zero attached hydrogens (tertiary/aromatic N) is 2. The zero-order valence-electron chi connectivity index (χ0n) is 14.7. The summed E-state index contributed by atoms with van der Waals surface area (Å²) >= 11 is 0. The van der Waals surface area contributed by atoms with Crippen LogP contribution in [0.1, 0.15) is 37.3 Å². The quantitative estimate of drug-likeness (QED) is 0.755. The van der Waals surface area contributed by atoms with Crippen molar-refractivity contribution in [2.75, 3.05) is 13.1 Å². The van der Waals surface area contributed by atoms with Crippen LogP contribution in [0.15, 0.2) is 59.4 Å². The van der Waals surface area contributed by atoms with Gasteiger partial charge in [0.25, 0.3) is 0 Å². The van der Waals surface area contributed by atoms with Gasteiger partial charge in [-0.05, 0) is 43.4 Å². The van der Waals surface area contributed by atoms with Gasteiger partial charge >= 0.3 is 5.69 Å². The van der Waals surface area contributed by atoms with Crippen LogP contribution in [0.3, 0.4) is 0 Å². The van der Waals surface area contributed by atoms with Crippen LogP contribution in [-0.4, -0.2) is 27.5 Å². The number of rotatable bonds is 3. The standard InChI is InChI=1S/C21H23N3O.ClH/c25-20-22-18-8-4-5-9-19(18)24(20)17-10-14-23(15-11-17)21(12-13-21)16-6-2-1-3-7-16;/h1-9,17H,10-15H2,(H,22,25);1H. The van der Waals surface area contributed by atoms with Gasteiger partial charge in [-0.1, -0.05) is 42.5 Å². The smallest absolute Gasteiger partial charge is 0.306 e. The Kier molecular flexibility index (Phi) is 4.41. The van der Waals surface area contributed by atoms with Crippen LogP contribution in [0.5, 0.6) is 0 Å². The average molecular weight is 370 g/mol. The van der Waals surface area contributed by atoms with Gasteiger partial charge in [-0.25, -0.2) is 4.79 Å². The highest BCUT2D eigenvalue weighted by molar-refractivity contribution is 5.85. The van der Waals surface area contributed by atoms with Crippen molar-refractivity contribution in [3.63, 3.8) is 0 Å². The van der Waals surface area contributed by atoms with E-state index in [9.17, 15) is 4.79 Å². The first-order chi connectivity index (χ1) is 12.3. The first-order valence-corrected chi connectivity index (χ1v) is 9.28. The number of imidazole rings is 1. The molecule has 1 aromatic heterocycles. The monoisotopic (exact) mass is 369 g/mol. The largest absolute Gasteiger partial charge is 0.326 e. The molecule has 1 saturated carbocycles. The molecular weight excluding hydrogens is 346 g/mol. The van der Waals surface area contributed by atoms with E-state index in [4.69, 9.17) is 0 Å². The van der Waals surface area contributed by atoms with Gasteiger partial charge < -0.3 is 4.98 Å². The van der Waals surface area contributed by atoms with Crippen molar-refractivity contribution in [2.45, 2.75) is 37.3 Å². The Labute approximate surface area is 159 Å². The van der Waals surface area contributed by atoms with E-state index in [1.807, 2.05) is 28.8 Å². The summed E-state index contributed by atoms with van der Waals surface area (Å²) in [5.74, 6) is 0. The third-order valence-electron chi connectivity index (χ3n) is 6.09. The van der Waals surface area contributed by atoms with Gasteiger partial charge in [-0.2, -0.15) is 0 Å². The second-order valence-corrected chi connectivity index (χ2v) is 7.43. The number of para-hydroxylation sites is 2. The minimum absolute atomic E-state index is 0. The van der Waals surface area contributed by atoms with Crippen molar-refractivity contribution in [2.24, 2.45) is 0 Å². The van der Waals surface area contributed by atoms with Crippen LogP contribution in [0.2, 0.25) is 0 Å². The van der Waals surface area contributed by atoms with Crippen LogP contribution >= 0.6 is 12.4 Å². The molecule has 1 aliphatic carbocycles. The lowest BCUT2D eigenvalue weighted by Gasteiger charge is -2.38. The number of halogens is 1. The predicted molar refractivity (Wildman–Crippen MR) is 107 cm³/mol. The zero-order chi connectivity index (χ0) is 16.9. The second-order valence-electron chi connectivity index (χ2n) is 7.43. The van der Waals surface area contributed by atoms with Crippen molar-refractivity contribution in [3.05, 3.63) is 70.6 Å². The van der Waals surface area contributed by atoms with Crippen molar-refractivity contribution in [3.8, 4) is 0 Å². The molecule has 1 aliphatic heterocycles. The average Bonchev–Trinajstić information content (AvgIpc) is 3.40. The SMILES string of the molecule is Cl.O=c1[nH]c2ccccc2n1C1CCN(C2(c3ccccc3)CC2)CC1. The molecule has 2 aromatic carbocycles. The van der Waals surface area contributed by atoms with Crippen LogP contribution < -0.4 is 5.69 Å². The van der Waals surface area contributed by atoms with Gasteiger partial charge in [0.05, 0.1) is 11.0 Å². The highest BCUT2D eigenvalue weighted by Crippen LogP contribution is 2.52. The van der Waals surface area contributed by atoms with Crippen LogP contribution in [0, 0.1) is 0 Å². The van der Waals surface area contributed by atoms with Crippen molar-refractivity contribution in [1.82, 2.24) is 14.5 Å². The molecule has 0 atom stereocenters. The Morgan fingerprint density at radius 3 is 2.27 bits per heavy atom. The molecule has 0 radical (unpaired) electrons. The molecule has 0 spiro atoms. The second kappa shape index (κ2) is 6.60. The van der Waals surface area contributed by atoms with E-state index >= 15 is 0 Å². The number of fused-ring (bicyclic) bond motifs is 1. The third-order valence-corrected chi connectivity index (χ3v) is 6.09. The molecule has 5 rings (SSSR count). The number of likely N-dealkylation sites (tertiary alicyclic amines) is 1. The molecule has 2 aliphatic rings. The number of aromatic amines is 1. The van der Waals surface area contributed by atoms with Gasteiger partial charge in [0.15, 0.2) is 0 Å². The fraction of sp³-hybridized carbons (Fsp3) is 0.381. The number of piperidine rings is 1. The minimum Gasteiger partial charge on any atom is -0.306 e. The topological polar surface area (TPSA) is 41.0 Å². The normalized spacial score (nSPS) is 20.0. The van der Waals surface area contributed by atoms with Gasteiger partial charge in [-0.15, -0.1) is 12.4 Å². The van der Waals surface area contributed by atoms with E-state index < -0.39 is 0 Å². The summed E-state index contributed by atoms with van der Waals surface area (Å²) in [6, 6.07) is 19.2. The lowest BCUT2D eigenvalue weighted by Crippen LogP contribution is -2.43. The maximum absolute atomic E-state index is 12.4. The highest BCUT2D eigenvalue weighted by Gasteiger charge is 2.49. The molecule has 1 N–H and O–H groups in total. The summed E-state index contributed by atoms with van der Waals surface area (Å²) < 4.78 is 1.98. The number of nitrogens with one attached hydrogen (secondary N) is 1.